The lowest BCUT2D eigenvalue weighted by Crippen LogP contribution is -2.34. The lowest BCUT2D eigenvalue weighted by molar-refractivity contribution is -0.116. The number of hydrogen-bond acceptors (Lipinski definition) is 4. The van der Waals surface area contributed by atoms with Crippen molar-refractivity contribution in [3.8, 4) is 0 Å². The fourth-order valence-corrected chi connectivity index (χ4v) is 4.32. The van der Waals surface area contributed by atoms with Crippen LogP contribution < -0.4 is 10.2 Å². The molecule has 0 spiro atoms. The quantitative estimate of drug-likeness (QED) is 0.576. The first-order valence-electron chi connectivity index (χ1n) is 9.55. The standard InChI is InChI=1S/C23H22N2O2S/c1-2-3-7-16-12-14-18(15-13-16)24-21-22(26)25(23(27)28-21)20-11-6-9-17-8-4-5-10-19(17)20/h4-6,8-15,21,24H,2-3,7H2,1H3. The summed E-state index contributed by atoms with van der Waals surface area (Å²) >= 11 is 1.02. The Morgan fingerprint density at radius 2 is 1.71 bits per heavy atom. The smallest absolute Gasteiger partial charge is 0.295 e. The van der Waals surface area contributed by atoms with Crippen molar-refractivity contribution in [3.63, 3.8) is 0 Å². The second-order valence-electron chi connectivity index (χ2n) is 6.88. The zero-order valence-corrected chi connectivity index (χ0v) is 16.5. The summed E-state index contributed by atoms with van der Waals surface area (Å²) in [7, 11) is 0. The molecule has 3 aromatic rings. The van der Waals surface area contributed by atoms with Gasteiger partial charge in [0, 0.05) is 11.1 Å². The number of thioether (sulfide) groups is 1. The van der Waals surface area contributed by atoms with E-state index in [9.17, 15) is 9.59 Å². The van der Waals surface area contributed by atoms with Crippen LogP contribution in [0.15, 0.2) is 66.7 Å². The van der Waals surface area contributed by atoms with Gasteiger partial charge in [-0.1, -0.05) is 61.9 Å². The molecule has 28 heavy (non-hydrogen) atoms. The molecule has 4 nitrogen and oxygen atoms in total. The molecular weight excluding hydrogens is 368 g/mol. The van der Waals surface area contributed by atoms with Gasteiger partial charge in [0.05, 0.1) is 5.69 Å². The molecule has 1 fully saturated rings. The third kappa shape index (κ3) is 3.62. The van der Waals surface area contributed by atoms with Gasteiger partial charge in [-0.05, 0) is 53.8 Å². The molecular formula is C23H22N2O2S. The molecule has 4 rings (SSSR count). The minimum absolute atomic E-state index is 0.235. The van der Waals surface area contributed by atoms with Crippen LogP contribution in [0.5, 0.6) is 0 Å². The Balaban J connectivity index is 1.54. The predicted molar refractivity (Wildman–Crippen MR) is 117 cm³/mol. The Morgan fingerprint density at radius 1 is 0.964 bits per heavy atom. The molecule has 2 amide bonds. The number of rotatable bonds is 6. The van der Waals surface area contributed by atoms with E-state index in [0.29, 0.717) is 5.69 Å². The number of benzene rings is 3. The van der Waals surface area contributed by atoms with Crippen LogP contribution in [0.4, 0.5) is 16.2 Å². The third-order valence-electron chi connectivity index (χ3n) is 4.92. The van der Waals surface area contributed by atoms with Gasteiger partial charge in [0.25, 0.3) is 11.1 Å². The fraction of sp³-hybridized carbons (Fsp3) is 0.217. The van der Waals surface area contributed by atoms with Crippen LogP contribution in [0.3, 0.4) is 0 Å². The molecule has 0 radical (unpaired) electrons. The highest BCUT2D eigenvalue weighted by atomic mass is 32.2. The van der Waals surface area contributed by atoms with Gasteiger partial charge in [0.1, 0.15) is 0 Å². The molecule has 0 saturated carbocycles. The highest BCUT2D eigenvalue weighted by Gasteiger charge is 2.41. The zero-order valence-electron chi connectivity index (χ0n) is 15.7. The minimum atomic E-state index is -0.618. The molecule has 1 unspecified atom stereocenters. The van der Waals surface area contributed by atoms with E-state index in [1.165, 1.54) is 16.9 Å². The van der Waals surface area contributed by atoms with Crippen LogP contribution >= 0.6 is 11.8 Å². The Bertz CT molecular complexity index is 1010. The second kappa shape index (κ2) is 8.07. The average molecular weight is 391 g/mol. The van der Waals surface area contributed by atoms with Crippen LogP contribution in [0.2, 0.25) is 0 Å². The van der Waals surface area contributed by atoms with Crippen LogP contribution in [-0.4, -0.2) is 16.5 Å². The van der Waals surface area contributed by atoms with Crippen molar-refractivity contribution in [2.45, 2.75) is 31.6 Å². The number of amides is 2. The van der Waals surface area contributed by atoms with Gasteiger partial charge in [0.2, 0.25) is 0 Å². The lowest BCUT2D eigenvalue weighted by Gasteiger charge is -2.17. The van der Waals surface area contributed by atoms with Gasteiger partial charge in [-0.3, -0.25) is 9.59 Å². The number of aryl methyl sites for hydroxylation is 1. The predicted octanol–water partition coefficient (Wildman–Crippen LogP) is 5.82. The summed E-state index contributed by atoms with van der Waals surface area (Å²) in [5, 5.41) is 4.23. The van der Waals surface area contributed by atoms with E-state index in [-0.39, 0.29) is 11.1 Å². The number of carbonyl (C=O) groups is 2. The number of hydrogen-bond donors (Lipinski definition) is 1. The highest BCUT2D eigenvalue weighted by molar-refractivity contribution is 8.16. The maximum atomic E-state index is 13.0. The van der Waals surface area contributed by atoms with Gasteiger partial charge in [-0.2, -0.15) is 0 Å². The van der Waals surface area contributed by atoms with E-state index in [4.69, 9.17) is 0 Å². The summed E-state index contributed by atoms with van der Waals surface area (Å²) in [6.45, 7) is 2.18. The first-order chi connectivity index (χ1) is 13.7. The molecule has 0 aliphatic carbocycles. The minimum Gasteiger partial charge on any atom is -0.365 e. The van der Waals surface area contributed by atoms with Crippen LogP contribution in [0, 0.1) is 0 Å². The van der Waals surface area contributed by atoms with E-state index in [0.717, 1.165) is 41.1 Å². The van der Waals surface area contributed by atoms with E-state index >= 15 is 0 Å². The number of imide groups is 1. The SMILES string of the molecule is CCCCc1ccc(NC2SC(=O)N(c3cccc4ccccc34)C2=O)cc1. The number of carbonyl (C=O) groups excluding carboxylic acids is 2. The van der Waals surface area contributed by atoms with Crippen molar-refractivity contribution in [1.29, 1.82) is 0 Å². The molecule has 3 aromatic carbocycles. The summed E-state index contributed by atoms with van der Waals surface area (Å²) in [6, 6.07) is 21.6. The first-order valence-corrected chi connectivity index (χ1v) is 10.4. The van der Waals surface area contributed by atoms with Crippen LogP contribution in [0.1, 0.15) is 25.3 Å². The van der Waals surface area contributed by atoms with Gasteiger partial charge in [0.15, 0.2) is 5.37 Å². The third-order valence-corrected chi connectivity index (χ3v) is 5.86. The molecule has 1 aliphatic heterocycles. The molecule has 1 N–H and O–H groups in total. The zero-order chi connectivity index (χ0) is 19.5. The number of anilines is 2. The van der Waals surface area contributed by atoms with Crippen molar-refractivity contribution in [2.75, 3.05) is 10.2 Å². The van der Waals surface area contributed by atoms with Gasteiger partial charge >= 0.3 is 0 Å². The maximum absolute atomic E-state index is 13.0. The number of unbranched alkanes of at least 4 members (excludes halogenated alkanes) is 1. The van der Waals surface area contributed by atoms with E-state index < -0.39 is 5.37 Å². The van der Waals surface area contributed by atoms with Crippen molar-refractivity contribution in [2.24, 2.45) is 0 Å². The number of fused-ring (bicyclic) bond motifs is 1. The number of nitrogens with zero attached hydrogens (tertiary/aromatic N) is 1. The molecule has 1 atom stereocenters. The van der Waals surface area contributed by atoms with Gasteiger partial charge < -0.3 is 5.32 Å². The normalized spacial score (nSPS) is 16.8. The lowest BCUT2D eigenvalue weighted by atomic mass is 10.1. The summed E-state index contributed by atoms with van der Waals surface area (Å²) in [5.41, 5.74) is 2.77. The molecule has 142 valence electrons. The number of nitrogens with one attached hydrogen (secondary N) is 1. The molecule has 5 heteroatoms. The molecule has 1 aliphatic rings. The monoisotopic (exact) mass is 390 g/mol. The van der Waals surface area contributed by atoms with Crippen molar-refractivity contribution in [3.05, 3.63) is 72.3 Å². The Hall–Kier alpha value is -2.79. The largest absolute Gasteiger partial charge is 0.365 e. The maximum Gasteiger partial charge on any atom is 0.295 e. The first kappa shape index (κ1) is 18.6. The van der Waals surface area contributed by atoms with E-state index in [1.807, 2.05) is 54.6 Å². The molecule has 0 bridgehead atoms. The van der Waals surface area contributed by atoms with Gasteiger partial charge in [-0.15, -0.1) is 0 Å². The van der Waals surface area contributed by atoms with Crippen molar-refractivity contribution < 1.29 is 9.59 Å². The summed E-state index contributed by atoms with van der Waals surface area (Å²) in [4.78, 5) is 26.9. The highest BCUT2D eigenvalue weighted by Crippen LogP contribution is 2.36. The van der Waals surface area contributed by atoms with Crippen molar-refractivity contribution in [1.82, 2.24) is 0 Å². The molecule has 0 aromatic heterocycles. The summed E-state index contributed by atoms with van der Waals surface area (Å²) in [5.74, 6) is -0.235. The topological polar surface area (TPSA) is 49.4 Å². The Morgan fingerprint density at radius 3 is 2.50 bits per heavy atom. The second-order valence-corrected chi connectivity index (χ2v) is 7.94. The fourth-order valence-electron chi connectivity index (χ4n) is 3.42. The van der Waals surface area contributed by atoms with Crippen LogP contribution in [-0.2, 0) is 11.2 Å². The average Bonchev–Trinajstić information content (AvgIpc) is 3.00. The van der Waals surface area contributed by atoms with Crippen molar-refractivity contribution >= 4 is 45.1 Å². The summed E-state index contributed by atoms with van der Waals surface area (Å²) < 4.78 is 0. The summed E-state index contributed by atoms with van der Waals surface area (Å²) in [6.07, 6.45) is 3.39. The van der Waals surface area contributed by atoms with Gasteiger partial charge in [-0.25, -0.2) is 4.90 Å². The Kier molecular flexibility index (Phi) is 5.35. The Labute approximate surface area is 168 Å². The molecule has 1 heterocycles. The molecule has 1 saturated heterocycles. The van der Waals surface area contributed by atoms with E-state index in [1.54, 1.807) is 0 Å². The van der Waals surface area contributed by atoms with Crippen LogP contribution in [0.25, 0.3) is 10.8 Å². The van der Waals surface area contributed by atoms with E-state index in [2.05, 4.69) is 24.4 Å².